The minimum atomic E-state index is -0.109. The van der Waals surface area contributed by atoms with Crippen molar-refractivity contribution in [3.05, 3.63) is 52.8 Å². The molecular weight excluding hydrogens is 288 g/mol. The van der Waals surface area contributed by atoms with Crippen LogP contribution in [0, 0.1) is 0 Å². The van der Waals surface area contributed by atoms with E-state index >= 15 is 0 Å². The Morgan fingerprint density at radius 3 is 2.62 bits per heavy atom. The lowest BCUT2D eigenvalue weighted by Crippen LogP contribution is -2.31. The van der Waals surface area contributed by atoms with E-state index in [1.807, 2.05) is 31.2 Å². The number of amides is 1. The summed E-state index contributed by atoms with van der Waals surface area (Å²) in [6, 6.07) is 9.27. The fourth-order valence-corrected chi connectivity index (χ4v) is 2.56. The lowest BCUT2D eigenvalue weighted by Gasteiger charge is -2.26. The number of benzene rings is 1. The lowest BCUT2D eigenvalue weighted by atomic mass is 10.1. The summed E-state index contributed by atoms with van der Waals surface area (Å²) in [7, 11) is 5.21. The molecule has 2 aromatic rings. The minimum absolute atomic E-state index is 0.0807. The van der Waals surface area contributed by atoms with Gasteiger partial charge in [-0.3, -0.25) is 4.79 Å². The van der Waals surface area contributed by atoms with E-state index in [4.69, 9.17) is 16.3 Å². The summed E-state index contributed by atoms with van der Waals surface area (Å²) in [5.41, 5.74) is 1.53. The number of methoxy groups -OCH3 is 1. The Kier molecular flexibility index (Phi) is 4.58. The largest absolute Gasteiger partial charge is 0.496 e. The normalized spacial score (nSPS) is 12.0. The van der Waals surface area contributed by atoms with Gasteiger partial charge in [-0.15, -0.1) is 0 Å². The molecule has 1 aromatic heterocycles. The van der Waals surface area contributed by atoms with Crippen LogP contribution in [-0.4, -0.2) is 29.5 Å². The van der Waals surface area contributed by atoms with Crippen molar-refractivity contribution in [2.45, 2.75) is 13.0 Å². The molecule has 1 amide bonds. The molecule has 5 heteroatoms. The van der Waals surface area contributed by atoms with Gasteiger partial charge in [0.2, 0.25) is 0 Å². The number of aromatic nitrogens is 1. The van der Waals surface area contributed by atoms with Gasteiger partial charge in [0, 0.05) is 25.9 Å². The van der Waals surface area contributed by atoms with Crippen LogP contribution >= 0.6 is 11.6 Å². The van der Waals surface area contributed by atoms with Crippen molar-refractivity contribution in [1.82, 2.24) is 9.47 Å². The second kappa shape index (κ2) is 6.22. The number of carbonyl (C=O) groups is 1. The average molecular weight is 307 g/mol. The van der Waals surface area contributed by atoms with E-state index in [0.717, 1.165) is 11.3 Å². The number of halogens is 1. The Morgan fingerprint density at radius 2 is 2.05 bits per heavy atom. The second-order valence-electron chi connectivity index (χ2n) is 4.99. The maximum absolute atomic E-state index is 12.6. The molecule has 4 nitrogen and oxygen atoms in total. The molecule has 0 N–H and O–H groups in total. The van der Waals surface area contributed by atoms with Crippen LogP contribution in [0.3, 0.4) is 0 Å². The van der Waals surface area contributed by atoms with Crippen LogP contribution in [0.2, 0.25) is 5.02 Å². The summed E-state index contributed by atoms with van der Waals surface area (Å²) < 4.78 is 7.10. The number of carbonyl (C=O) groups excluding carboxylic acids is 1. The first-order valence-electron chi connectivity index (χ1n) is 6.67. The highest BCUT2D eigenvalue weighted by molar-refractivity contribution is 6.31. The molecule has 0 spiro atoms. The third-order valence-electron chi connectivity index (χ3n) is 3.68. The smallest absolute Gasteiger partial charge is 0.270 e. The van der Waals surface area contributed by atoms with Gasteiger partial charge in [0.1, 0.15) is 11.4 Å². The van der Waals surface area contributed by atoms with Gasteiger partial charge in [0.05, 0.1) is 18.2 Å². The topological polar surface area (TPSA) is 34.5 Å². The zero-order chi connectivity index (χ0) is 15.6. The van der Waals surface area contributed by atoms with Crippen LogP contribution in [0.25, 0.3) is 0 Å². The summed E-state index contributed by atoms with van der Waals surface area (Å²) in [5.74, 6) is 0.692. The van der Waals surface area contributed by atoms with Gasteiger partial charge in [-0.1, -0.05) is 29.8 Å². The van der Waals surface area contributed by atoms with Crippen molar-refractivity contribution < 1.29 is 9.53 Å². The van der Waals surface area contributed by atoms with E-state index in [9.17, 15) is 4.79 Å². The molecule has 21 heavy (non-hydrogen) atoms. The van der Waals surface area contributed by atoms with E-state index in [2.05, 4.69) is 0 Å². The first-order valence-corrected chi connectivity index (χ1v) is 7.05. The molecule has 0 saturated carbocycles. The van der Waals surface area contributed by atoms with Gasteiger partial charge in [0.15, 0.2) is 0 Å². The molecule has 2 rings (SSSR count). The van der Waals surface area contributed by atoms with Crippen LogP contribution in [0.4, 0.5) is 0 Å². The van der Waals surface area contributed by atoms with Crippen molar-refractivity contribution in [3.63, 3.8) is 0 Å². The van der Waals surface area contributed by atoms with E-state index in [-0.39, 0.29) is 11.9 Å². The van der Waals surface area contributed by atoms with Gasteiger partial charge in [-0.05, 0) is 19.1 Å². The Morgan fingerprint density at radius 1 is 1.38 bits per heavy atom. The molecule has 0 unspecified atom stereocenters. The van der Waals surface area contributed by atoms with E-state index in [1.54, 1.807) is 42.9 Å². The molecular formula is C16H19ClN2O2. The van der Waals surface area contributed by atoms with Crippen molar-refractivity contribution in [3.8, 4) is 5.75 Å². The van der Waals surface area contributed by atoms with E-state index in [0.29, 0.717) is 10.7 Å². The lowest BCUT2D eigenvalue weighted by molar-refractivity contribution is 0.0731. The van der Waals surface area contributed by atoms with E-state index < -0.39 is 0 Å². The number of rotatable bonds is 4. The molecule has 0 bridgehead atoms. The van der Waals surface area contributed by atoms with Gasteiger partial charge < -0.3 is 14.2 Å². The number of hydrogen-bond donors (Lipinski definition) is 0. The maximum atomic E-state index is 12.6. The van der Waals surface area contributed by atoms with Crippen LogP contribution in [0.5, 0.6) is 5.75 Å². The molecule has 0 saturated heterocycles. The molecule has 0 aliphatic heterocycles. The SMILES string of the molecule is COc1ccccc1[C@H](C)N(C)C(=O)c1cc(Cl)cn1C. The van der Waals surface area contributed by atoms with Crippen LogP contribution in [0.1, 0.15) is 29.0 Å². The molecule has 0 fully saturated rings. The van der Waals surface area contributed by atoms with Gasteiger partial charge in [-0.2, -0.15) is 0 Å². The predicted octanol–water partition coefficient (Wildman–Crippen LogP) is 3.52. The zero-order valence-electron chi connectivity index (χ0n) is 12.6. The monoisotopic (exact) mass is 306 g/mol. The molecule has 112 valence electrons. The Balaban J connectivity index is 2.28. The second-order valence-corrected chi connectivity index (χ2v) is 5.42. The Bertz CT molecular complexity index is 651. The molecule has 1 aromatic carbocycles. The standard InChI is InChI=1S/C16H19ClN2O2/c1-11(13-7-5-6-8-15(13)21-4)19(3)16(20)14-9-12(17)10-18(14)2/h5-11H,1-4H3/t11-/m0/s1. The van der Waals surface area contributed by atoms with E-state index in [1.165, 1.54) is 0 Å². The fourth-order valence-electron chi connectivity index (χ4n) is 2.31. The number of aryl methyl sites for hydroxylation is 1. The van der Waals surface area contributed by atoms with Crippen molar-refractivity contribution in [2.75, 3.05) is 14.2 Å². The van der Waals surface area contributed by atoms with Crippen molar-refractivity contribution in [1.29, 1.82) is 0 Å². The molecule has 1 atom stereocenters. The summed E-state index contributed by atoms with van der Waals surface area (Å²) in [6.07, 6.45) is 1.72. The summed E-state index contributed by atoms with van der Waals surface area (Å²) >= 11 is 5.95. The molecule has 1 heterocycles. The van der Waals surface area contributed by atoms with Crippen LogP contribution < -0.4 is 4.74 Å². The Labute approximate surface area is 129 Å². The third kappa shape index (κ3) is 3.05. The van der Waals surface area contributed by atoms with Crippen LogP contribution in [0.15, 0.2) is 36.5 Å². The van der Waals surface area contributed by atoms with Gasteiger partial charge in [0.25, 0.3) is 5.91 Å². The molecule has 0 radical (unpaired) electrons. The highest BCUT2D eigenvalue weighted by atomic mass is 35.5. The maximum Gasteiger partial charge on any atom is 0.270 e. The minimum Gasteiger partial charge on any atom is -0.496 e. The first kappa shape index (κ1) is 15.4. The van der Waals surface area contributed by atoms with Crippen molar-refractivity contribution in [2.24, 2.45) is 7.05 Å². The van der Waals surface area contributed by atoms with Crippen LogP contribution in [-0.2, 0) is 7.05 Å². The Hall–Kier alpha value is -1.94. The molecule has 0 aliphatic carbocycles. The van der Waals surface area contributed by atoms with Crippen molar-refractivity contribution >= 4 is 17.5 Å². The van der Waals surface area contributed by atoms with Gasteiger partial charge in [-0.25, -0.2) is 0 Å². The summed E-state index contributed by atoms with van der Waals surface area (Å²) in [6.45, 7) is 1.97. The quantitative estimate of drug-likeness (QED) is 0.866. The first-order chi connectivity index (χ1) is 9.95. The predicted molar refractivity (Wildman–Crippen MR) is 83.9 cm³/mol. The highest BCUT2D eigenvalue weighted by Crippen LogP contribution is 2.29. The third-order valence-corrected chi connectivity index (χ3v) is 3.89. The fraction of sp³-hybridized carbons (Fsp3) is 0.312. The van der Waals surface area contributed by atoms with Gasteiger partial charge >= 0.3 is 0 Å². The number of nitrogens with zero attached hydrogens (tertiary/aromatic N) is 2. The zero-order valence-corrected chi connectivity index (χ0v) is 13.4. The highest BCUT2D eigenvalue weighted by Gasteiger charge is 2.23. The summed E-state index contributed by atoms with van der Waals surface area (Å²) in [4.78, 5) is 14.3. The summed E-state index contributed by atoms with van der Waals surface area (Å²) in [5, 5.41) is 0.555. The number of hydrogen-bond acceptors (Lipinski definition) is 2. The number of ether oxygens (including phenoxy) is 1. The molecule has 0 aliphatic rings. The average Bonchev–Trinajstić information content (AvgIpc) is 2.83. The number of para-hydroxylation sites is 1.